The molecular formula is C31H32ClN5OS. The van der Waals surface area contributed by atoms with Crippen molar-refractivity contribution >= 4 is 40.5 Å². The summed E-state index contributed by atoms with van der Waals surface area (Å²) in [6.45, 7) is 8.76. The number of benzene rings is 2. The maximum Gasteiger partial charge on any atom is 0.226 e. The Bertz CT molecular complexity index is 1520. The molecule has 0 radical (unpaired) electrons. The fourth-order valence-electron chi connectivity index (χ4n) is 5.36. The van der Waals surface area contributed by atoms with E-state index in [1.165, 1.54) is 0 Å². The van der Waals surface area contributed by atoms with Crippen LogP contribution in [0.25, 0.3) is 5.69 Å². The van der Waals surface area contributed by atoms with Crippen molar-refractivity contribution in [1.29, 1.82) is 0 Å². The van der Waals surface area contributed by atoms with Crippen LogP contribution in [0, 0.1) is 27.7 Å². The molecule has 3 heterocycles. The average Bonchev–Trinajstić information content (AvgIpc) is 3.40. The third kappa shape index (κ3) is 5.42. The molecule has 1 aliphatic rings. The number of nitrogens with zero attached hydrogens (tertiary/aromatic N) is 3. The minimum absolute atomic E-state index is 0.0540. The number of aryl methyl sites for hydroxylation is 2. The van der Waals surface area contributed by atoms with Gasteiger partial charge in [0, 0.05) is 46.9 Å². The zero-order valence-electron chi connectivity index (χ0n) is 22.5. The van der Waals surface area contributed by atoms with Crippen LogP contribution in [0.5, 0.6) is 0 Å². The van der Waals surface area contributed by atoms with Crippen LogP contribution in [0.3, 0.4) is 0 Å². The van der Waals surface area contributed by atoms with Crippen molar-refractivity contribution in [2.45, 2.75) is 46.2 Å². The highest BCUT2D eigenvalue weighted by molar-refractivity contribution is 7.80. The zero-order chi connectivity index (χ0) is 27.7. The number of carbonyl (C=O) groups excluding carboxylic acids is 1. The largest absolute Gasteiger partial charge is 0.352 e. The van der Waals surface area contributed by atoms with E-state index in [2.05, 4.69) is 51.1 Å². The van der Waals surface area contributed by atoms with E-state index in [0.29, 0.717) is 18.1 Å². The highest BCUT2D eigenvalue weighted by Crippen LogP contribution is 2.42. The number of aromatic nitrogens is 2. The first kappa shape index (κ1) is 26.9. The van der Waals surface area contributed by atoms with Crippen molar-refractivity contribution in [2.24, 2.45) is 0 Å². The monoisotopic (exact) mass is 557 g/mol. The second-order valence-electron chi connectivity index (χ2n) is 10.0. The Kier molecular flexibility index (Phi) is 7.73. The van der Waals surface area contributed by atoms with Crippen LogP contribution in [-0.4, -0.2) is 32.0 Å². The predicted molar refractivity (Wildman–Crippen MR) is 162 cm³/mol. The van der Waals surface area contributed by atoms with E-state index >= 15 is 0 Å². The summed E-state index contributed by atoms with van der Waals surface area (Å²) < 4.78 is 2.25. The van der Waals surface area contributed by atoms with Crippen molar-refractivity contribution in [3.8, 4) is 5.69 Å². The first-order valence-electron chi connectivity index (χ1n) is 13.0. The van der Waals surface area contributed by atoms with E-state index in [4.69, 9.17) is 23.8 Å². The first-order chi connectivity index (χ1) is 18.7. The summed E-state index contributed by atoms with van der Waals surface area (Å²) in [6.07, 6.45) is 2.10. The van der Waals surface area contributed by atoms with Gasteiger partial charge in [-0.15, -0.1) is 0 Å². The van der Waals surface area contributed by atoms with Crippen LogP contribution in [0.4, 0.5) is 5.69 Å². The van der Waals surface area contributed by atoms with Gasteiger partial charge in [-0.05, 0) is 93.5 Å². The Hall–Kier alpha value is -3.68. The number of rotatable bonds is 7. The molecule has 0 bridgehead atoms. The Morgan fingerprint density at radius 2 is 1.82 bits per heavy atom. The molecule has 1 aliphatic heterocycles. The van der Waals surface area contributed by atoms with Crippen LogP contribution in [-0.2, 0) is 4.79 Å². The van der Waals surface area contributed by atoms with Crippen LogP contribution in [0.15, 0.2) is 72.9 Å². The van der Waals surface area contributed by atoms with Crippen LogP contribution < -0.4 is 10.6 Å². The van der Waals surface area contributed by atoms with Gasteiger partial charge in [0.25, 0.3) is 0 Å². The van der Waals surface area contributed by atoms with Crippen LogP contribution in [0.2, 0.25) is 5.02 Å². The minimum atomic E-state index is -0.159. The van der Waals surface area contributed by atoms with Gasteiger partial charge in [0.15, 0.2) is 5.11 Å². The molecule has 5 rings (SSSR count). The van der Waals surface area contributed by atoms with Crippen LogP contribution in [0.1, 0.15) is 52.3 Å². The normalized spacial score (nSPS) is 16.8. The van der Waals surface area contributed by atoms with Crippen molar-refractivity contribution in [1.82, 2.24) is 19.8 Å². The molecule has 200 valence electrons. The van der Waals surface area contributed by atoms with Crippen molar-refractivity contribution in [3.63, 3.8) is 0 Å². The van der Waals surface area contributed by atoms with E-state index in [-0.39, 0.29) is 18.0 Å². The average molecular weight is 558 g/mol. The molecule has 1 fully saturated rings. The molecule has 4 aromatic rings. The first-order valence-corrected chi connectivity index (χ1v) is 13.8. The number of hydrogen-bond acceptors (Lipinski definition) is 3. The number of thiocarbonyl (C=S) groups is 1. The van der Waals surface area contributed by atoms with Gasteiger partial charge in [-0.3, -0.25) is 9.78 Å². The quantitative estimate of drug-likeness (QED) is 0.246. The molecule has 1 saturated heterocycles. The van der Waals surface area contributed by atoms with Gasteiger partial charge in [-0.25, -0.2) is 0 Å². The van der Waals surface area contributed by atoms with Gasteiger partial charge in [-0.1, -0.05) is 41.4 Å². The second-order valence-corrected chi connectivity index (χ2v) is 10.8. The zero-order valence-corrected chi connectivity index (χ0v) is 24.1. The molecule has 39 heavy (non-hydrogen) atoms. The van der Waals surface area contributed by atoms with Gasteiger partial charge in [0.2, 0.25) is 5.91 Å². The smallest absolute Gasteiger partial charge is 0.226 e. The van der Waals surface area contributed by atoms with E-state index in [1.54, 1.807) is 6.20 Å². The molecular weight excluding hydrogens is 526 g/mol. The molecule has 6 nitrogen and oxygen atoms in total. The van der Waals surface area contributed by atoms with Gasteiger partial charge in [0.05, 0.1) is 17.8 Å². The summed E-state index contributed by atoms with van der Waals surface area (Å²) in [5.41, 5.74) is 8.25. The second kappa shape index (κ2) is 11.2. The van der Waals surface area contributed by atoms with E-state index < -0.39 is 0 Å². The predicted octanol–water partition coefficient (Wildman–Crippen LogP) is 6.76. The Balaban J connectivity index is 1.48. The number of amides is 1. The molecule has 2 aromatic heterocycles. The summed E-state index contributed by atoms with van der Waals surface area (Å²) in [5.74, 6) is -0.0540. The summed E-state index contributed by atoms with van der Waals surface area (Å²) in [7, 11) is 0. The Morgan fingerprint density at radius 1 is 1.05 bits per heavy atom. The fourth-order valence-corrected chi connectivity index (χ4v) is 5.86. The van der Waals surface area contributed by atoms with Crippen molar-refractivity contribution < 1.29 is 4.79 Å². The summed E-state index contributed by atoms with van der Waals surface area (Å²) in [5, 5.41) is 7.85. The molecule has 0 unspecified atom stereocenters. The number of halogens is 1. The standard InChI is InChI=1S/C31H32ClN5OS/c1-19-11-13-23(14-12-19)34-28(38)15-17-36-30(29(35-31(36)39)26-9-5-6-16-33-26)24-18-20(2)37(22(24)4)27-10-7-8-25(32)21(27)3/h5-14,16,18,29-30H,15,17H2,1-4H3,(H,34,38)(H,35,39)/t29-,30+/m1/s1. The van der Waals surface area contributed by atoms with Gasteiger partial charge < -0.3 is 20.1 Å². The van der Waals surface area contributed by atoms with E-state index in [9.17, 15) is 4.79 Å². The lowest BCUT2D eigenvalue weighted by atomic mass is 9.96. The third-order valence-corrected chi connectivity index (χ3v) is 8.14. The number of anilines is 1. The van der Waals surface area contributed by atoms with Crippen LogP contribution >= 0.6 is 23.8 Å². The Morgan fingerprint density at radius 3 is 2.54 bits per heavy atom. The Labute approximate surface area is 240 Å². The van der Waals surface area contributed by atoms with Crippen molar-refractivity contribution in [2.75, 3.05) is 11.9 Å². The lowest BCUT2D eigenvalue weighted by molar-refractivity contribution is -0.116. The molecule has 0 aliphatic carbocycles. The lowest BCUT2D eigenvalue weighted by Gasteiger charge is -2.28. The minimum Gasteiger partial charge on any atom is -0.352 e. The molecule has 0 saturated carbocycles. The highest BCUT2D eigenvalue weighted by atomic mass is 35.5. The van der Waals surface area contributed by atoms with E-state index in [1.807, 2.05) is 68.4 Å². The van der Waals surface area contributed by atoms with E-state index in [0.717, 1.165) is 50.2 Å². The molecule has 0 spiro atoms. The molecule has 8 heteroatoms. The van der Waals surface area contributed by atoms with Gasteiger partial charge in [0.1, 0.15) is 0 Å². The summed E-state index contributed by atoms with van der Waals surface area (Å²) in [6, 6.07) is 21.6. The highest BCUT2D eigenvalue weighted by Gasteiger charge is 2.41. The van der Waals surface area contributed by atoms with Crippen molar-refractivity contribution in [3.05, 3.63) is 112 Å². The van der Waals surface area contributed by atoms with Gasteiger partial charge >= 0.3 is 0 Å². The molecule has 2 N–H and O–H groups in total. The van der Waals surface area contributed by atoms with Gasteiger partial charge in [-0.2, -0.15) is 0 Å². The summed E-state index contributed by atoms with van der Waals surface area (Å²) >= 11 is 12.3. The molecule has 2 aromatic carbocycles. The number of pyridine rings is 1. The number of hydrogen-bond donors (Lipinski definition) is 2. The maximum absolute atomic E-state index is 12.9. The summed E-state index contributed by atoms with van der Waals surface area (Å²) in [4.78, 5) is 19.7. The lowest BCUT2D eigenvalue weighted by Crippen LogP contribution is -2.32. The molecule has 2 atom stereocenters. The number of carbonyl (C=O) groups is 1. The third-order valence-electron chi connectivity index (χ3n) is 7.38. The molecule has 1 amide bonds. The fraction of sp³-hybridized carbons (Fsp3) is 0.258. The SMILES string of the molecule is Cc1ccc(NC(=O)CCN2C(=S)N[C@H](c3ccccn3)[C@@H]2c2cc(C)n(-c3cccc(Cl)c3C)c2C)cc1. The number of nitrogens with one attached hydrogen (secondary N) is 2. The topological polar surface area (TPSA) is 62.2 Å². The maximum atomic E-state index is 12.9.